The van der Waals surface area contributed by atoms with Gasteiger partial charge in [0.05, 0.1) is 6.04 Å². The standard InChI is InChI=1S/C25H34N6O2/c1-17-12-18(2)14-20(13-17)25(33)30-9-8-29-10-11-31-22(21(29)16-30)27-28-23(31)24(32)26-15-19-6-4-3-5-7-19/h12-14,19,21H,3-11,15-16H2,1-2H3,(H,26,32)/t21-/m0/s1. The van der Waals surface area contributed by atoms with Gasteiger partial charge in [-0.3, -0.25) is 14.5 Å². The average Bonchev–Trinajstić information content (AvgIpc) is 3.26. The number of hydrogen-bond acceptors (Lipinski definition) is 5. The van der Waals surface area contributed by atoms with E-state index in [9.17, 15) is 9.59 Å². The molecule has 0 spiro atoms. The molecule has 5 rings (SSSR count). The topological polar surface area (TPSA) is 83.4 Å². The molecule has 1 N–H and O–H groups in total. The summed E-state index contributed by atoms with van der Waals surface area (Å²) in [4.78, 5) is 30.4. The molecule has 1 saturated carbocycles. The molecule has 2 aliphatic heterocycles. The van der Waals surface area contributed by atoms with E-state index in [4.69, 9.17) is 0 Å². The van der Waals surface area contributed by atoms with E-state index in [1.165, 1.54) is 32.1 Å². The first-order valence-electron chi connectivity index (χ1n) is 12.3. The summed E-state index contributed by atoms with van der Waals surface area (Å²) >= 11 is 0. The van der Waals surface area contributed by atoms with Gasteiger partial charge in [-0.1, -0.05) is 36.5 Å². The van der Waals surface area contributed by atoms with Crippen LogP contribution in [0.15, 0.2) is 18.2 Å². The fourth-order valence-electron chi connectivity index (χ4n) is 5.68. The van der Waals surface area contributed by atoms with Crippen LogP contribution in [0.1, 0.15) is 76.1 Å². The molecular formula is C25H34N6O2. The quantitative estimate of drug-likeness (QED) is 0.774. The molecule has 2 fully saturated rings. The Bertz CT molecular complexity index is 1020. The molecule has 8 heteroatoms. The number of nitrogens with zero attached hydrogens (tertiary/aromatic N) is 5. The van der Waals surface area contributed by atoms with Crippen molar-refractivity contribution < 1.29 is 9.59 Å². The minimum Gasteiger partial charge on any atom is -0.349 e. The zero-order valence-corrected chi connectivity index (χ0v) is 19.7. The predicted octanol–water partition coefficient (Wildman–Crippen LogP) is 2.72. The molecule has 3 aliphatic rings. The molecule has 1 atom stereocenters. The molecule has 0 bridgehead atoms. The molecule has 0 radical (unpaired) electrons. The highest BCUT2D eigenvalue weighted by atomic mass is 16.2. The first-order chi connectivity index (χ1) is 16.0. The summed E-state index contributed by atoms with van der Waals surface area (Å²) in [6.07, 6.45) is 6.22. The fourth-order valence-corrected chi connectivity index (χ4v) is 5.68. The van der Waals surface area contributed by atoms with E-state index in [0.717, 1.165) is 42.1 Å². The van der Waals surface area contributed by atoms with Crippen molar-refractivity contribution in [3.63, 3.8) is 0 Å². The van der Waals surface area contributed by atoms with Gasteiger partial charge >= 0.3 is 0 Å². The summed E-state index contributed by atoms with van der Waals surface area (Å²) in [5.41, 5.74) is 2.93. The van der Waals surface area contributed by atoms with Crippen LogP contribution < -0.4 is 5.32 Å². The smallest absolute Gasteiger partial charge is 0.289 e. The Morgan fingerprint density at radius 3 is 2.45 bits per heavy atom. The van der Waals surface area contributed by atoms with Crippen molar-refractivity contribution in [1.82, 2.24) is 29.9 Å². The lowest BCUT2D eigenvalue weighted by molar-refractivity contribution is 0.0372. The molecule has 2 aromatic rings. The van der Waals surface area contributed by atoms with Crippen molar-refractivity contribution in [2.75, 3.05) is 32.7 Å². The zero-order valence-electron chi connectivity index (χ0n) is 19.7. The van der Waals surface area contributed by atoms with Crippen molar-refractivity contribution in [1.29, 1.82) is 0 Å². The Labute approximate surface area is 195 Å². The number of nitrogens with one attached hydrogen (secondary N) is 1. The SMILES string of the molecule is Cc1cc(C)cc(C(=O)N2CCN3CCn4c(C(=O)NCC5CCCCC5)nnc4[C@@H]3C2)c1. The van der Waals surface area contributed by atoms with Crippen LogP contribution in [-0.2, 0) is 6.54 Å². The highest BCUT2D eigenvalue weighted by Crippen LogP contribution is 2.29. The van der Waals surface area contributed by atoms with E-state index in [2.05, 4.69) is 26.5 Å². The third kappa shape index (κ3) is 4.53. The number of carbonyl (C=O) groups is 2. The maximum absolute atomic E-state index is 13.2. The number of benzene rings is 1. The van der Waals surface area contributed by atoms with Crippen LogP contribution in [0.5, 0.6) is 0 Å². The van der Waals surface area contributed by atoms with E-state index in [1.54, 1.807) is 0 Å². The molecule has 0 unspecified atom stereocenters. The molecule has 33 heavy (non-hydrogen) atoms. The van der Waals surface area contributed by atoms with Crippen LogP contribution in [0.25, 0.3) is 0 Å². The Morgan fingerprint density at radius 2 is 1.70 bits per heavy atom. The van der Waals surface area contributed by atoms with Gasteiger partial charge in [0, 0.05) is 44.8 Å². The van der Waals surface area contributed by atoms with Crippen LogP contribution in [0.3, 0.4) is 0 Å². The molecule has 3 heterocycles. The first-order valence-corrected chi connectivity index (χ1v) is 12.3. The second-order valence-electron chi connectivity index (χ2n) is 9.93. The molecule has 1 aromatic carbocycles. The van der Waals surface area contributed by atoms with Crippen molar-refractivity contribution in [3.05, 3.63) is 46.5 Å². The minimum atomic E-state index is -0.133. The van der Waals surface area contributed by atoms with Gasteiger partial charge in [-0.25, -0.2) is 0 Å². The third-order valence-electron chi connectivity index (χ3n) is 7.41. The van der Waals surface area contributed by atoms with Crippen LogP contribution in [0.4, 0.5) is 0 Å². The number of carbonyl (C=O) groups excluding carboxylic acids is 2. The van der Waals surface area contributed by atoms with E-state index < -0.39 is 0 Å². The minimum absolute atomic E-state index is 0.0326. The molecule has 176 valence electrons. The number of aromatic nitrogens is 3. The van der Waals surface area contributed by atoms with Gasteiger partial charge < -0.3 is 14.8 Å². The lowest BCUT2D eigenvalue weighted by Gasteiger charge is -2.43. The highest BCUT2D eigenvalue weighted by molar-refractivity contribution is 5.94. The molecule has 1 saturated heterocycles. The van der Waals surface area contributed by atoms with E-state index in [-0.39, 0.29) is 17.9 Å². The Hall–Kier alpha value is -2.74. The van der Waals surface area contributed by atoms with Gasteiger partial charge in [0.15, 0.2) is 5.82 Å². The van der Waals surface area contributed by atoms with Gasteiger partial charge in [-0.05, 0) is 44.7 Å². The largest absolute Gasteiger partial charge is 0.349 e. The maximum atomic E-state index is 13.2. The number of rotatable bonds is 4. The average molecular weight is 451 g/mol. The van der Waals surface area contributed by atoms with Crippen LogP contribution in [-0.4, -0.2) is 69.1 Å². The van der Waals surface area contributed by atoms with Crippen LogP contribution in [0, 0.1) is 19.8 Å². The second kappa shape index (κ2) is 9.25. The number of aryl methyl sites for hydroxylation is 2. The second-order valence-corrected chi connectivity index (χ2v) is 9.93. The summed E-state index contributed by atoms with van der Waals surface area (Å²) in [5.74, 6) is 1.70. The Kier molecular flexibility index (Phi) is 6.19. The number of piperazine rings is 1. The van der Waals surface area contributed by atoms with Crippen LogP contribution in [0.2, 0.25) is 0 Å². The number of amides is 2. The van der Waals surface area contributed by atoms with Crippen molar-refractivity contribution in [2.24, 2.45) is 5.92 Å². The lowest BCUT2D eigenvalue weighted by atomic mass is 9.89. The highest BCUT2D eigenvalue weighted by Gasteiger charge is 2.38. The van der Waals surface area contributed by atoms with Gasteiger partial charge in [-0.2, -0.15) is 0 Å². The number of fused-ring (bicyclic) bond motifs is 3. The lowest BCUT2D eigenvalue weighted by Crippen LogP contribution is -2.53. The van der Waals surface area contributed by atoms with E-state index in [1.807, 2.05) is 35.4 Å². The monoisotopic (exact) mass is 450 g/mol. The fraction of sp³-hybridized carbons (Fsp3) is 0.600. The van der Waals surface area contributed by atoms with E-state index in [0.29, 0.717) is 31.4 Å². The summed E-state index contributed by atoms with van der Waals surface area (Å²) in [6.45, 7) is 8.36. The zero-order chi connectivity index (χ0) is 22.9. The van der Waals surface area contributed by atoms with Crippen molar-refractivity contribution in [2.45, 2.75) is 58.5 Å². The molecule has 8 nitrogen and oxygen atoms in total. The molecule has 1 aliphatic carbocycles. The normalized spacial score (nSPS) is 21.4. The summed E-state index contributed by atoms with van der Waals surface area (Å²) in [6, 6.07) is 5.97. The van der Waals surface area contributed by atoms with Crippen LogP contribution >= 0.6 is 0 Å². The summed E-state index contributed by atoms with van der Waals surface area (Å²) in [5, 5.41) is 11.8. The molecular weight excluding hydrogens is 416 g/mol. The number of hydrogen-bond donors (Lipinski definition) is 1. The first kappa shape index (κ1) is 22.1. The predicted molar refractivity (Wildman–Crippen MR) is 125 cm³/mol. The maximum Gasteiger partial charge on any atom is 0.289 e. The molecule has 1 aromatic heterocycles. The van der Waals surface area contributed by atoms with Gasteiger partial charge in [0.25, 0.3) is 11.8 Å². The summed E-state index contributed by atoms with van der Waals surface area (Å²) < 4.78 is 1.96. The third-order valence-corrected chi connectivity index (χ3v) is 7.41. The van der Waals surface area contributed by atoms with Gasteiger partial charge in [0.2, 0.25) is 5.82 Å². The van der Waals surface area contributed by atoms with Crippen molar-refractivity contribution in [3.8, 4) is 0 Å². The molecule has 2 amide bonds. The Balaban J connectivity index is 1.29. The van der Waals surface area contributed by atoms with Gasteiger partial charge in [-0.15, -0.1) is 10.2 Å². The Morgan fingerprint density at radius 1 is 0.970 bits per heavy atom. The summed E-state index contributed by atoms with van der Waals surface area (Å²) in [7, 11) is 0. The van der Waals surface area contributed by atoms with E-state index >= 15 is 0 Å². The van der Waals surface area contributed by atoms with Crippen molar-refractivity contribution >= 4 is 11.8 Å². The van der Waals surface area contributed by atoms with Gasteiger partial charge in [0.1, 0.15) is 0 Å².